The van der Waals surface area contributed by atoms with Crippen LogP contribution in [0.1, 0.15) is 26.3 Å². The smallest absolute Gasteiger partial charge is 0.324 e. The van der Waals surface area contributed by atoms with Crippen LogP contribution in [0.3, 0.4) is 0 Å². The molecular weight excluding hydrogens is 242 g/mol. The van der Waals surface area contributed by atoms with Crippen molar-refractivity contribution in [2.75, 3.05) is 10.6 Å². The molecule has 100 valence electrons. The van der Waals surface area contributed by atoms with Crippen LogP contribution in [0.5, 0.6) is 0 Å². The average Bonchev–Trinajstić information content (AvgIpc) is 2.81. The fourth-order valence-corrected chi connectivity index (χ4v) is 1.79. The predicted octanol–water partition coefficient (Wildman–Crippen LogP) is 3.62. The van der Waals surface area contributed by atoms with Gasteiger partial charge in [0.05, 0.1) is 0 Å². The molecule has 0 atom stereocenters. The fraction of sp³-hybridized carbons (Fsp3) is 0.286. The number of carbonyl (C=O) groups excluding carboxylic acids is 1. The number of hydrogen-bond acceptors (Lipinski definition) is 3. The van der Waals surface area contributed by atoms with E-state index in [2.05, 4.69) is 41.1 Å². The molecule has 2 amide bonds. The molecule has 1 heterocycles. The van der Waals surface area contributed by atoms with Crippen LogP contribution < -0.4 is 10.6 Å². The molecule has 0 aliphatic heterocycles. The van der Waals surface area contributed by atoms with E-state index in [1.54, 1.807) is 6.07 Å². The van der Waals surface area contributed by atoms with Gasteiger partial charge in [-0.2, -0.15) is 0 Å². The molecule has 19 heavy (non-hydrogen) atoms. The number of benzene rings is 1. The Labute approximate surface area is 112 Å². The molecule has 2 rings (SSSR count). The zero-order valence-electron chi connectivity index (χ0n) is 11.2. The van der Waals surface area contributed by atoms with Crippen molar-refractivity contribution in [3.63, 3.8) is 0 Å². The first kappa shape index (κ1) is 13.1. The Balaban J connectivity index is 2.13. The maximum absolute atomic E-state index is 11.9. The van der Waals surface area contributed by atoms with Gasteiger partial charge in [0, 0.05) is 11.8 Å². The summed E-state index contributed by atoms with van der Waals surface area (Å²) >= 11 is 0. The lowest BCUT2D eigenvalue weighted by Crippen LogP contribution is -2.22. The van der Waals surface area contributed by atoms with E-state index in [1.165, 1.54) is 6.26 Å². The van der Waals surface area contributed by atoms with Crippen molar-refractivity contribution < 1.29 is 9.32 Å². The second-order valence-corrected chi connectivity index (χ2v) is 5.26. The average molecular weight is 259 g/mol. The first-order chi connectivity index (χ1) is 8.97. The number of aromatic nitrogens is 1. The van der Waals surface area contributed by atoms with Gasteiger partial charge in [-0.1, -0.05) is 44.1 Å². The summed E-state index contributed by atoms with van der Waals surface area (Å²) < 4.78 is 4.65. The number of nitrogens with zero attached hydrogens (tertiary/aromatic N) is 1. The first-order valence-corrected chi connectivity index (χ1v) is 6.05. The summed E-state index contributed by atoms with van der Waals surface area (Å²) in [6.45, 7) is 6.30. The van der Waals surface area contributed by atoms with Crippen LogP contribution in [0.4, 0.5) is 16.3 Å². The maximum atomic E-state index is 11.9. The largest absolute Gasteiger partial charge is 0.363 e. The Morgan fingerprint density at radius 1 is 1.16 bits per heavy atom. The molecule has 0 bridgehead atoms. The van der Waals surface area contributed by atoms with E-state index in [9.17, 15) is 4.79 Å². The summed E-state index contributed by atoms with van der Waals surface area (Å²) in [6.07, 6.45) is 1.40. The van der Waals surface area contributed by atoms with E-state index < -0.39 is 0 Å². The third kappa shape index (κ3) is 3.34. The van der Waals surface area contributed by atoms with E-state index in [-0.39, 0.29) is 11.4 Å². The summed E-state index contributed by atoms with van der Waals surface area (Å²) in [5, 5.41) is 9.04. The summed E-state index contributed by atoms with van der Waals surface area (Å²) in [7, 11) is 0. The van der Waals surface area contributed by atoms with Crippen LogP contribution in [-0.2, 0) is 5.41 Å². The van der Waals surface area contributed by atoms with Crippen LogP contribution in [0.15, 0.2) is 41.1 Å². The number of nitrogens with one attached hydrogen (secondary N) is 2. The molecule has 1 aromatic heterocycles. The zero-order valence-corrected chi connectivity index (χ0v) is 11.2. The molecule has 5 nitrogen and oxygen atoms in total. The molecule has 0 fully saturated rings. The molecule has 5 heteroatoms. The highest BCUT2D eigenvalue weighted by Crippen LogP contribution is 2.29. The number of hydrogen-bond donors (Lipinski definition) is 2. The van der Waals surface area contributed by atoms with Gasteiger partial charge in [-0.15, -0.1) is 0 Å². The van der Waals surface area contributed by atoms with Gasteiger partial charge in [-0.25, -0.2) is 4.79 Å². The molecule has 0 radical (unpaired) electrons. The molecule has 0 aliphatic carbocycles. The number of carbonyl (C=O) groups is 1. The van der Waals surface area contributed by atoms with E-state index in [0.29, 0.717) is 5.82 Å². The minimum Gasteiger partial charge on any atom is -0.363 e. The fourth-order valence-electron chi connectivity index (χ4n) is 1.79. The first-order valence-electron chi connectivity index (χ1n) is 6.05. The van der Waals surface area contributed by atoms with Crippen molar-refractivity contribution >= 4 is 17.5 Å². The number of urea groups is 1. The minimum atomic E-state index is -0.342. The van der Waals surface area contributed by atoms with Crippen molar-refractivity contribution in [1.29, 1.82) is 0 Å². The molecule has 1 aromatic carbocycles. The maximum Gasteiger partial charge on any atom is 0.324 e. The van der Waals surface area contributed by atoms with Gasteiger partial charge in [-0.3, -0.25) is 5.32 Å². The quantitative estimate of drug-likeness (QED) is 0.865. The monoisotopic (exact) mass is 259 g/mol. The van der Waals surface area contributed by atoms with Gasteiger partial charge >= 0.3 is 6.03 Å². The lowest BCUT2D eigenvalue weighted by atomic mass is 9.86. The van der Waals surface area contributed by atoms with E-state index in [4.69, 9.17) is 0 Å². The highest BCUT2D eigenvalue weighted by molar-refractivity contribution is 5.99. The SMILES string of the molecule is CC(C)(C)c1ccccc1NC(=O)Nc1ccon1. The summed E-state index contributed by atoms with van der Waals surface area (Å²) in [6, 6.07) is 8.97. The lowest BCUT2D eigenvalue weighted by molar-refractivity contribution is 0.262. The third-order valence-corrected chi connectivity index (χ3v) is 2.66. The Bertz CT molecular complexity index is 556. The molecule has 0 aliphatic rings. The molecule has 0 unspecified atom stereocenters. The normalized spacial score (nSPS) is 11.1. The number of rotatable bonds is 2. The molecule has 2 aromatic rings. The molecule has 0 saturated heterocycles. The van der Waals surface area contributed by atoms with Crippen molar-refractivity contribution in [2.24, 2.45) is 0 Å². The Kier molecular flexibility index (Phi) is 3.55. The van der Waals surface area contributed by atoms with Gasteiger partial charge in [0.2, 0.25) is 0 Å². The molecule has 0 spiro atoms. The standard InChI is InChI=1S/C14H17N3O2/c1-14(2,3)10-6-4-5-7-11(10)15-13(18)16-12-8-9-19-17-12/h4-9H,1-3H3,(H2,15,16,17,18). The topological polar surface area (TPSA) is 67.2 Å². The van der Waals surface area contributed by atoms with Crippen molar-refractivity contribution in [3.05, 3.63) is 42.2 Å². The second-order valence-electron chi connectivity index (χ2n) is 5.26. The molecular formula is C14H17N3O2. The Morgan fingerprint density at radius 3 is 2.53 bits per heavy atom. The van der Waals surface area contributed by atoms with Crippen molar-refractivity contribution in [3.8, 4) is 0 Å². The van der Waals surface area contributed by atoms with Crippen LogP contribution in [0.25, 0.3) is 0 Å². The summed E-state index contributed by atoms with van der Waals surface area (Å²) in [5.41, 5.74) is 1.82. The second kappa shape index (κ2) is 5.14. The summed E-state index contributed by atoms with van der Waals surface area (Å²) in [4.78, 5) is 11.9. The number of para-hydroxylation sites is 1. The van der Waals surface area contributed by atoms with Gasteiger partial charge in [0.1, 0.15) is 6.26 Å². The highest BCUT2D eigenvalue weighted by atomic mass is 16.5. The van der Waals surface area contributed by atoms with Crippen LogP contribution in [-0.4, -0.2) is 11.2 Å². The van der Waals surface area contributed by atoms with Crippen LogP contribution in [0.2, 0.25) is 0 Å². The number of amides is 2. The lowest BCUT2D eigenvalue weighted by Gasteiger charge is -2.22. The van der Waals surface area contributed by atoms with Crippen molar-refractivity contribution in [2.45, 2.75) is 26.2 Å². The van der Waals surface area contributed by atoms with E-state index >= 15 is 0 Å². The minimum absolute atomic E-state index is 0.0439. The molecule has 2 N–H and O–H groups in total. The van der Waals surface area contributed by atoms with Gasteiger partial charge < -0.3 is 9.84 Å². The third-order valence-electron chi connectivity index (χ3n) is 2.66. The van der Waals surface area contributed by atoms with Gasteiger partial charge in [-0.05, 0) is 17.0 Å². The van der Waals surface area contributed by atoms with E-state index in [0.717, 1.165) is 11.3 Å². The van der Waals surface area contributed by atoms with Crippen molar-refractivity contribution in [1.82, 2.24) is 5.16 Å². The van der Waals surface area contributed by atoms with E-state index in [1.807, 2.05) is 24.3 Å². The van der Waals surface area contributed by atoms with Crippen LogP contribution in [0, 0.1) is 0 Å². The Hall–Kier alpha value is -2.30. The van der Waals surface area contributed by atoms with Gasteiger partial charge in [0.25, 0.3) is 0 Å². The Morgan fingerprint density at radius 2 is 1.89 bits per heavy atom. The highest BCUT2D eigenvalue weighted by Gasteiger charge is 2.18. The summed E-state index contributed by atoms with van der Waals surface area (Å²) in [5.74, 6) is 0.380. The molecule has 0 saturated carbocycles. The van der Waals surface area contributed by atoms with Gasteiger partial charge in [0.15, 0.2) is 5.82 Å². The number of anilines is 2. The predicted molar refractivity (Wildman–Crippen MR) is 74.3 cm³/mol. The zero-order chi connectivity index (χ0) is 13.9. The van der Waals surface area contributed by atoms with Crippen LogP contribution >= 0.6 is 0 Å².